The monoisotopic (exact) mass is 306 g/mol. The van der Waals surface area contributed by atoms with Gasteiger partial charge in [-0.15, -0.1) is 0 Å². The number of carbonyl (C=O) groups excluding carboxylic acids is 3. The summed E-state index contributed by atoms with van der Waals surface area (Å²) in [4.78, 5) is 36.1. The molecule has 7 nitrogen and oxygen atoms in total. The average molecular weight is 306 g/mol. The van der Waals surface area contributed by atoms with Gasteiger partial charge in [-0.2, -0.15) is 0 Å². The minimum atomic E-state index is -0.747. The molecule has 1 heterocycles. The molecule has 1 aliphatic rings. The zero-order chi connectivity index (χ0) is 16.4. The topological polar surface area (TPSA) is 98.9 Å². The van der Waals surface area contributed by atoms with Crippen LogP contribution in [0, 0.1) is 5.92 Å². The van der Waals surface area contributed by atoms with Crippen LogP contribution in [0.4, 0.5) is 5.69 Å². The molecule has 0 saturated heterocycles. The van der Waals surface area contributed by atoms with Crippen LogP contribution < -0.4 is 20.1 Å². The predicted octanol–water partition coefficient (Wildman–Crippen LogP) is 0.743. The van der Waals surface area contributed by atoms with E-state index in [0.29, 0.717) is 29.0 Å². The molecule has 0 radical (unpaired) electrons. The van der Waals surface area contributed by atoms with Crippen molar-refractivity contribution in [1.29, 1.82) is 0 Å². The van der Waals surface area contributed by atoms with Gasteiger partial charge in [0.15, 0.2) is 17.6 Å². The number of aldehydes is 1. The van der Waals surface area contributed by atoms with E-state index in [1.807, 2.05) is 13.8 Å². The van der Waals surface area contributed by atoms with Gasteiger partial charge in [0.05, 0.1) is 12.8 Å². The molecule has 0 fully saturated rings. The Morgan fingerprint density at radius 3 is 2.68 bits per heavy atom. The van der Waals surface area contributed by atoms with E-state index in [-0.39, 0.29) is 18.4 Å². The summed E-state index contributed by atoms with van der Waals surface area (Å²) < 4.78 is 11.0. The molecule has 0 saturated carbocycles. The van der Waals surface area contributed by atoms with Crippen LogP contribution in [0.25, 0.3) is 0 Å². The van der Waals surface area contributed by atoms with Crippen LogP contribution in [0.2, 0.25) is 0 Å². The van der Waals surface area contributed by atoms with Crippen molar-refractivity contribution in [3.05, 3.63) is 17.7 Å². The highest BCUT2D eigenvalue weighted by Crippen LogP contribution is 2.43. The van der Waals surface area contributed by atoms with Crippen LogP contribution in [0.5, 0.6) is 11.5 Å². The third kappa shape index (κ3) is 2.74. The third-order valence-corrected chi connectivity index (χ3v) is 3.38. The Morgan fingerprint density at radius 2 is 2.18 bits per heavy atom. The highest BCUT2D eigenvalue weighted by Gasteiger charge is 2.38. The van der Waals surface area contributed by atoms with E-state index < -0.39 is 12.0 Å². The molecule has 1 aromatic rings. The molecule has 0 spiro atoms. The van der Waals surface area contributed by atoms with E-state index in [1.165, 1.54) is 24.1 Å². The number of ether oxygens (including phenoxy) is 2. The molecule has 118 valence electrons. The quantitative estimate of drug-likeness (QED) is 0.809. The van der Waals surface area contributed by atoms with Crippen LogP contribution in [0.15, 0.2) is 12.1 Å². The fourth-order valence-electron chi connectivity index (χ4n) is 2.34. The summed E-state index contributed by atoms with van der Waals surface area (Å²) in [6, 6.07) is 2.99. The molecule has 1 aliphatic heterocycles. The Kier molecular flexibility index (Phi) is 4.35. The zero-order valence-electron chi connectivity index (χ0n) is 12.7. The number of methoxy groups -OCH3 is 1. The van der Waals surface area contributed by atoms with Crippen molar-refractivity contribution in [3.8, 4) is 11.5 Å². The van der Waals surface area contributed by atoms with Crippen LogP contribution in [-0.4, -0.2) is 37.9 Å². The largest absolute Gasteiger partial charge is 0.493 e. The van der Waals surface area contributed by atoms with Gasteiger partial charge in [0.25, 0.3) is 5.91 Å². The Labute approximate surface area is 128 Å². The zero-order valence-corrected chi connectivity index (χ0v) is 12.7. The minimum Gasteiger partial charge on any atom is -0.493 e. The number of carbonyl (C=O) groups is 3. The van der Waals surface area contributed by atoms with E-state index in [1.54, 1.807) is 0 Å². The number of fused-ring (bicyclic) bond motifs is 1. The summed E-state index contributed by atoms with van der Waals surface area (Å²) in [5, 5.41) is 0. The number of nitrogens with zero attached hydrogens (tertiary/aromatic N) is 1. The number of rotatable bonds is 5. The lowest BCUT2D eigenvalue weighted by atomic mass is 10.0. The fraction of sp³-hybridized carbons (Fsp3) is 0.400. The van der Waals surface area contributed by atoms with Gasteiger partial charge in [0, 0.05) is 5.56 Å². The second-order valence-corrected chi connectivity index (χ2v) is 5.36. The van der Waals surface area contributed by atoms with Crippen molar-refractivity contribution in [1.82, 2.24) is 0 Å². The van der Waals surface area contributed by atoms with Crippen LogP contribution in [0.1, 0.15) is 24.2 Å². The molecule has 0 aliphatic carbocycles. The lowest BCUT2D eigenvalue weighted by Gasteiger charge is -2.36. The maximum absolute atomic E-state index is 12.5. The van der Waals surface area contributed by atoms with E-state index >= 15 is 0 Å². The molecule has 1 atom stereocenters. The Balaban J connectivity index is 2.62. The predicted molar refractivity (Wildman–Crippen MR) is 79.2 cm³/mol. The molecule has 7 heteroatoms. The minimum absolute atomic E-state index is 0.105. The van der Waals surface area contributed by atoms with Crippen molar-refractivity contribution < 1.29 is 23.9 Å². The normalized spacial score (nSPS) is 17.0. The number of amides is 2. The molecular formula is C15H18N2O5. The van der Waals surface area contributed by atoms with Crippen LogP contribution >= 0.6 is 0 Å². The van der Waals surface area contributed by atoms with Gasteiger partial charge >= 0.3 is 0 Å². The number of primary amides is 1. The first kappa shape index (κ1) is 15.8. The lowest BCUT2D eigenvalue weighted by molar-refractivity contribution is -0.130. The van der Waals surface area contributed by atoms with E-state index in [9.17, 15) is 14.4 Å². The van der Waals surface area contributed by atoms with Crippen molar-refractivity contribution in [3.63, 3.8) is 0 Å². The van der Waals surface area contributed by atoms with Crippen molar-refractivity contribution in [2.24, 2.45) is 11.7 Å². The SMILES string of the molecule is COc1cc(C=O)cc2c1OC(C(C)C)C(=O)N2CC(N)=O. The molecule has 1 aromatic carbocycles. The summed E-state index contributed by atoms with van der Waals surface area (Å²) in [6.45, 7) is 3.38. The highest BCUT2D eigenvalue weighted by molar-refractivity contribution is 6.05. The summed E-state index contributed by atoms with van der Waals surface area (Å²) >= 11 is 0. The maximum atomic E-state index is 12.5. The van der Waals surface area contributed by atoms with Crippen molar-refractivity contribution in [2.75, 3.05) is 18.6 Å². The van der Waals surface area contributed by atoms with Gasteiger partial charge < -0.3 is 15.2 Å². The average Bonchev–Trinajstić information content (AvgIpc) is 2.47. The highest BCUT2D eigenvalue weighted by atomic mass is 16.5. The second kappa shape index (κ2) is 6.05. The first-order chi connectivity index (χ1) is 10.4. The lowest BCUT2D eigenvalue weighted by Crippen LogP contribution is -2.51. The third-order valence-electron chi connectivity index (χ3n) is 3.38. The van der Waals surface area contributed by atoms with Crippen molar-refractivity contribution in [2.45, 2.75) is 20.0 Å². The fourth-order valence-corrected chi connectivity index (χ4v) is 2.34. The summed E-state index contributed by atoms with van der Waals surface area (Å²) in [5.74, 6) is -0.475. The first-order valence-electron chi connectivity index (χ1n) is 6.82. The molecule has 0 bridgehead atoms. The molecular weight excluding hydrogens is 288 g/mol. The standard InChI is InChI=1S/C15H18N2O5/c1-8(2)13-15(20)17(6-12(16)19)10-4-9(7-18)5-11(21-3)14(10)22-13/h4-5,7-8,13H,6H2,1-3H3,(H2,16,19). The number of nitrogens with two attached hydrogens (primary N) is 1. The first-order valence-corrected chi connectivity index (χ1v) is 6.82. The van der Waals surface area contributed by atoms with Gasteiger partial charge in [0.2, 0.25) is 5.91 Å². The Hall–Kier alpha value is -2.57. The maximum Gasteiger partial charge on any atom is 0.268 e. The summed E-state index contributed by atoms with van der Waals surface area (Å²) in [6.07, 6.45) is -0.118. The number of hydrogen-bond donors (Lipinski definition) is 1. The van der Waals surface area contributed by atoms with E-state index in [4.69, 9.17) is 15.2 Å². The molecule has 2 N–H and O–H groups in total. The molecule has 1 unspecified atom stereocenters. The van der Waals surface area contributed by atoms with E-state index in [0.717, 1.165) is 0 Å². The summed E-state index contributed by atoms with van der Waals surface area (Å²) in [7, 11) is 1.44. The van der Waals surface area contributed by atoms with Gasteiger partial charge in [0.1, 0.15) is 12.8 Å². The van der Waals surface area contributed by atoms with Crippen LogP contribution in [0.3, 0.4) is 0 Å². The van der Waals surface area contributed by atoms with Crippen LogP contribution in [-0.2, 0) is 9.59 Å². The van der Waals surface area contributed by atoms with Gasteiger partial charge in [-0.25, -0.2) is 0 Å². The van der Waals surface area contributed by atoms with E-state index in [2.05, 4.69) is 0 Å². The molecule has 22 heavy (non-hydrogen) atoms. The Morgan fingerprint density at radius 1 is 1.50 bits per heavy atom. The van der Waals surface area contributed by atoms with Gasteiger partial charge in [-0.1, -0.05) is 13.8 Å². The smallest absolute Gasteiger partial charge is 0.268 e. The second-order valence-electron chi connectivity index (χ2n) is 5.36. The number of hydrogen-bond acceptors (Lipinski definition) is 5. The molecule has 2 rings (SSSR count). The Bertz CT molecular complexity index is 627. The van der Waals surface area contributed by atoms with Gasteiger partial charge in [-0.3, -0.25) is 19.3 Å². The molecule has 2 amide bonds. The van der Waals surface area contributed by atoms with Crippen molar-refractivity contribution >= 4 is 23.8 Å². The summed E-state index contributed by atoms with van der Waals surface area (Å²) in [5.41, 5.74) is 5.85. The van der Waals surface area contributed by atoms with Gasteiger partial charge in [-0.05, 0) is 18.1 Å². The molecule has 0 aromatic heterocycles. The number of benzene rings is 1. The number of anilines is 1.